The molecule has 0 saturated heterocycles. The van der Waals surface area contributed by atoms with E-state index in [4.69, 9.17) is 0 Å². The molecule has 0 spiro atoms. The highest BCUT2D eigenvalue weighted by Gasteiger charge is 2.32. The maximum atomic E-state index is 13.9. The zero-order chi connectivity index (χ0) is 24.1. The minimum Gasteiger partial charge on any atom is -0.604 e. The summed E-state index contributed by atoms with van der Waals surface area (Å²) in [7, 11) is 3.60. The molecule has 0 saturated carbocycles. The monoisotopic (exact) mass is 516 g/mol. The topological polar surface area (TPSA) is 136 Å². The summed E-state index contributed by atoms with van der Waals surface area (Å²) in [5, 5.41) is 25.8. The van der Waals surface area contributed by atoms with Crippen molar-refractivity contribution in [1.82, 2.24) is 50.4 Å². The molecule has 14 heteroatoms. The smallest absolute Gasteiger partial charge is 0.256 e. The summed E-state index contributed by atoms with van der Waals surface area (Å²) in [6, 6.07) is 7.65. The molecular formula is C20H24N10OS3. The van der Waals surface area contributed by atoms with Gasteiger partial charge in [-0.3, -0.25) is 0 Å². The average Bonchev–Trinajstić information content (AvgIpc) is 3.47. The van der Waals surface area contributed by atoms with Gasteiger partial charge in [0.15, 0.2) is 0 Å². The Kier molecular flexibility index (Phi) is 8.13. The molecule has 4 rings (SSSR count). The molecule has 2 unspecified atom stereocenters. The molecule has 0 fully saturated rings. The Bertz CT molecular complexity index is 1140. The summed E-state index contributed by atoms with van der Waals surface area (Å²) < 4.78 is 17.2. The average molecular weight is 517 g/mol. The predicted molar refractivity (Wildman–Crippen MR) is 129 cm³/mol. The first-order valence-electron chi connectivity index (χ1n) is 10.6. The summed E-state index contributed by atoms with van der Waals surface area (Å²) in [4.78, 5) is 9.07. The lowest BCUT2D eigenvalue weighted by atomic mass is 10.1. The van der Waals surface area contributed by atoms with Crippen LogP contribution in [-0.4, -0.2) is 54.9 Å². The van der Waals surface area contributed by atoms with Crippen LogP contribution in [0.15, 0.2) is 57.0 Å². The summed E-state index contributed by atoms with van der Waals surface area (Å²) in [5.74, 6) is 0. The molecule has 0 bridgehead atoms. The number of tetrazole rings is 2. The maximum absolute atomic E-state index is 13.9. The van der Waals surface area contributed by atoms with Crippen molar-refractivity contribution < 1.29 is 4.55 Å². The molecule has 0 aliphatic carbocycles. The second-order valence-electron chi connectivity index (χ2n) is 7.26. The summed E-state index contributed by atoms with van der Waals surface area (Å²) >= 11 is 1.46. The Labute approximate surface area is 208 Å². The van der Waals surface area contributed by atoms with Gasteiger partial charge in [0.2, 0.25) is 10.3 Å². The van der Waals surface area contributed by atoms with Gasteiger partial charge in [-0.15, -0.1) is 10.2 Å². The van der Waals surface area contributed by atoms with Crippen LogP contribution in [0.2, 0.25) is 0 Å². The molecule has 0 aliphatic heterocycles. The lowest BCUT2D eigenvalue weighted by molar-refractivity contribution is 0.583. The van der Waals surface area contributed by atoms with E-state index in [0.717, 1.165) is 24.0 Å². The fourth-order valence-electron chi connectivity index (χ4n) is 3.33. The number of aromatic nitrogens is 10. The van der Waals surface area contributed by atoms with Gasteiger partial charge in [0, 0.05) is 48.1 Å². The van der Waals surface area contributed by atoms with E-state index >= 15 is 0 Å². The van der Waals surface area contributed by atoms with Gasteiger partial charge in [0.05, 0.1) is 11.2 Å². The van der Waals surface area contributed by atoms with Crippen molar-refractivity contribution in [3.05, 3.63) is 47.8 Å². The van der Waals surface area contributed by atoms with Crippen LogP contribution in [-0.2, 0) is 25.3 Å². The third-order valence-electron chi connectivity index (χ3n) is 5.05. The molecule has 11 nitrogen and oxygen atoms in total. The number of thioether (sulfide) groups is 2. The van der Waals surface area contributed by atoms with Crippen LogP contribution >= 0.6 is 23.5 Å². The van der Waals surface area contributed by atoms with E-state index in [9.17, 15) is 4.55 Å². The number of hydrogen-bond acceptors (Lipinski definition) is 11. The zero-order valence-electron chi connectivity index (χ0n) is 19.1. The first kappa shape index (κ1) is 24.6. The largest absolute Gasteiger partial charge is 0.604 e. The van der Waals surface area contributed by atoms with Gasteiger partial charge in [-0.2, -0.15) is 0 Å². The second kappa shape index (κ2) is 11.3. The SMILES string of the molecule is CCC(Sc1nnnn1C)c1cccnc1[S+]([O-])c1ncccc1C(CC)Sc1nnnn1C. The van der Waals surface area contributed by atoms with Crippen LogP contribution in [0.4, 0.5) is 0 Å². The molecule has 4 heterocycles. The Morgan fingerprint density at radius 2 is 1.26 bits per heavy atom. The van der Waals surface area contributed by atoms with Crippen LogP contribution in [0.1, 0.15) is 48.3 Å². The van der Waals surface area contributed by atoms with E-state index < -0.39 is 11.2 Å². The predicted octanol–water partition coefficient (Wildman–Crippen LogP) is 3.18. The highest BCUT2D eigenvalue weighted by Crippen LogP contribution is 2.42. The van der Waals surface area contributed by atoms with Crippen LogP contribution in [0.5, 0.6) is 0 Å². The Hall–Kier alpha value is -2.55. The molecule has 2 atom stereocenters. The van der Waals surface area contributed by atoms with E-state index in [-0.39, 0.29) is 10.5 Å². The van der Waals surface area contributed by atoms with E-state index in [2.05, 4.69) is 54.9 Å². The highest BCUT2D eigenvalue weighted by atomic mass is 32.2. The van der Waals surface area contributed by atoms with Crippen molar-refractivity contribution in [2.45, 2.75) is 57.6 Å². The van der Waals surface area contributed by atoms with Gasteiger partial charge in [0.1, 0.15) is 0 Å². The molecule has 34 heavy (non-hydrogen) atoms. The van der Waals surface area contributed by atoms with Crippen LogP contribution in [0.25, 0.3) is 0 Å². The number of hydrogen-bond donors (Lipinski definition) is 0. The van der Waals surface area contributed by atoms with Gasteiger partial charge < -0.3 is 4.55 Å². The van der Waals surface area contributed by atoms with Crippen LogP contribution < -0.4 is 0 Å². The maximum Gasteiger partial charge on any atom is 0.256 e. The molecule has 178 valence electrons. The van der Waals surface area contributed by atoms with E-state index in [1.807, 2.05) is 24.3 Å². The Morgan fingerprint density at radius 3 is 1.62 bits per heavy atom. The molecule has 0 radical (unpaired) electrons. The molecule has 4 aromatic heterocycles. The fraction of sp³-hybridized carbons (Fsp3) is 0.400. The quantitative estimate of drug-likeness (QED) is 0.227. The number of aryl methyl sites for hydroxylation is 2. The molecule has 0 amide bonds. The molecule has 4 aromatic rings. The molecule has 0 N–H and O–H groups in total. The first-order valence-corrected chi connectivity index (χ1v) is 13.5. The molecular weight excluding hydrogens is 492 g/mol. The second-order valence-corrected chi connectivity index (χ2v) is 10.9. The van der Waals surface area contributed by atoms with Gasteiger partial charge in [0.25, 0.3) is 10.1 Å². The molecule has 0 aliphatic rings. The minimum atomic E-state index is -1.59. The van der Waals surface area contributed by atoms with Gasteiger partial charge in [-0.1, -0.05) is 37.4 Å². The lowest BCUT2D eigenvalue weighted by Crippen LogP contribution is -2.14. The van der Waals surface area contributed by atoms with Crippen molar-refractivity contribution in [2.75, 3.05) is 0 Å². The van der Waals surface area contributed by atoms with E-state index in [1.165, 1.54) is 23.5 Å². The van der Waals surface area contributed by atoms with Crippen molar-refractivity contribution in [1.29, 1.82) is 0 Å². The first-order chi connectivity index (χ1) is 16.5. The van der Waals surface area contributed by atoms with Gasteiger partial charge in [-0.05, 0) is 58.0 Å². The third kappa shape index (κ3) is 5.24. The highest BCUT2D eigenvalue weighted by molar-refractivity contribution is 7.99. The Balaban J connectivity index is 1.68. The minimum absolute atomic E-state index is 0.0226. The summed E-state index contributed by atoms with van der Waals surface area (Å²) in [6.45, 7) is 4.15. The number of nitrogens with zero attached hydrogens (tertiary/aromatic N) is 10. The lowest BCUT2D eigenvalue weighted by Gasteiger charge is -2.20. The van der Waals surface area contributed by atoms with Crippen molar-refractivity contribution in [2.24, 2.45) is 14.1 Å². The normalized spacial score (nSPS) is 14.1. The van der Waals surface area contributed by atoms with E-state index in [1.54, 1.807) is 35.9 Å². The zero-order valence-corrected chi connectivity index (χ0v) is 21.6. The third-order valence-corrected chi connectivity index (χ3v) is 9.29. The van der Waals surface area contributed by atoms with Gasteiger partial charge in [-0.25, -0.2) is 19.3 Å². The Morgan fingerprint density at radius 1 is 0.824 bits per heavy atom. The number of pyridine rings is 2. The van der Waals surface area contributed by atoms with Crippen molar-refractivity contribution in [3.63, 3.8) is 0 Å². The molecule has 0 aromatic carbocycles. The standard InChI is InChI=1S/C20H24N10OS3/c1-5-15(32-19-23-25-27-29(19)3)13-9-7-11-21-17(13)34(31)18-14(10-8-12-22-18)16(6-2)33-20-24-26-28-30(20)4/h7-12,15-16H,5-6H2,1-4H3. The van der Waals surface area contributed by atoms with E-state index in [0.29, 0.717) is 20.4 Å². The van der Waals surface area contributed by atoms with Crippen molar-refractivity contribution in [3.8, 4) is 0 Å². The van der Waals surface area contributed by atoms with Crippen molar-refractivity contribution >= 4 is 34.7 Å². The summed E-state index contributed by atoms with van der Waals surface area (Å²) in [6.07, 6.45) is 4.90. The van der Waals surface area contributed by atoms with Gasteiger partial charge >= 0.3 is 0 Å². The van der Waals surface area contributed by atoms with Crippen LogP contribution in [0, 0.1) is 0 Å². The summed E-state index contributed by atoms with van der Waals surface area (Å²) in [5.41, 5.74) is 1.76. The number of rotatable bonds is 10. The van der Waals surface area contributed by atoms with Crippen LogP contribution in [0.3, 0.4) is 0 Å². The fourth-order valence-corrected chi connectivity index (χ4v) is 6.84.